The quantitative estimate of drug-likeness (QED) is 0.751. The maximum atomic E-state index is 13.5. The third-order valence-corrected chi connectivity index (χ3v) is 4.46. The minimum Gasteiger partial charge on any atom is -0.493 e. The minimum atomic E-state index is -0.619. The van der Waals surface area contributed by atoms with Gasteiger partial charge in [0, 0.05) is 0 Å². The Bertz CT molecular complexity index is 439. The SMILES string of the molecule is CCc1ccc(OCC2CC2)c(C2CCC(F)C2)c1. The molecule has 0 saturated heterocycles. The highest BCUT2D eigenvalue weighted by molar-refractivity contribution is 5.40. The number of hydrogen-bond acceptors (Lipinski definition) is 1. The lowest BCUT2D eigenvalue weighted by molar-refractivity contribution is 0.293. The molecular formula is C17H23FO. The lowest BCUT2D eigenvalue weighted by atomic mass is 9.94. The van der Waals surface area contributed by atoms with Gasteiger partial charge < -0.3 is 4.74 Å². The zero-order chi connectivity index (χ0) is 13.2. The maximum absolute atomic E-state index is 13.5. The summed E-state index contributed by atoms with van der Waals surface area (Å²) in [5.74, 6) is 2.12. The number of benzene rings is 1. The molecule has 0 N–H and O–H groups in total. The zero-order valence-electron chi connectivity index (χ0n) is 11.7. The number of halogens is 1. The molecular weight excluding hydrogens is 239 g/mol. The van der Waals surface area contributed by atoms with Crippen LogP contribution in [0.4, 0.5) is 4.39 Å². The van der Waals surface area contributed by atoms with Crippen molar-refractivity contribution in [1.29, 1.82) is 0 Å². The smallest absolute Gasteiger partial charge is 0.122 e. The van der Waals surface area contributed by atoms with Crippen LogP contribution in [0.5, 0.6) is 5.75 Å². The second kappa shape index (κ2) is 5.52. The molecule has 1 aromatic carbocycles. The number of alkyl halides is 1. The monoisotopic (exact) mass is 262 g/mol. The highest BCUT2D eigenvalue weighted by atomic mass is 19.1. The van der Waals surface area contributed by atoms with Crippen molar-refractivity contribution in [3.8, 4) is 5.75 Å². The van der Waals surface area contributed by atoms with Gasteiger partial charge in [-0.1, -0.05) is 19.1 Å². The molecule has 3 rings (SSSR count). The summed E-state index contributed by atoms with van der Waals surface area (Å²) in [6.07, 6.45) is 5.37. The van der Waals surface area contributed by atoms with Gasteiger partial charge in [-0.25, -0.2) is 4.39 Å². The van der Waals surface area contributed by atoms with Crippen molar-refractivity contribution in [3.63, 3.8) is 0 Å². The van der Waals surface area contributed by atoms with E-state index in [1.807, 2.05) is 0 Å². The Kier molecular flexibility index (Phi) is 3.76. The normalized spacial score (nSPS) is 26.6. The molecule has 19 heavy (non-hydrogen) atoms. The molecule has 2 heteroatoms. The summed E-state index contributed by atoms with van der Waals surface area (Å²) < 4.78 is 19.4. The van der Waals surface area contributed by atoms with Crippen LogP contribution in [0.25, 0.3) is 0 Å². The average molecular weight is 262 g/mol. The summed E-state index contributed by atoms with van der Waals surface area (Å²) in [6, 6.07) is 6.49. The molecule has 2 saturated carbocycles. The van der Waals surface area contributed by atoms with Gasteiger partial charge in [0.05, 0.1) is 6.61 Å². The molecule has 0 amide bonds. The van der Waals surface area contributed by atoms with E-state index in [4.69, 9.17) is 4.74 Å². The molecule has 2 aliphatic rings. The van der Waals surface area contributed by atoms with Gasteiger partial charge in [-0.15, -0.1) is 0 Å². The van der Waals surface area contributed by atoms with Crippen molar-refractivity contribution in [2.45, 2.75) is 57.5 Å². The van der Waals surface area contributed by atoms with Gasteiger partial charge in [0.1, 0.15) is 11.9 Å². The molecule has 0 aliphatic heterocycles. The summed E-state index contributed by atoms with van der Waals surface area (Å²) in [5.41, 5.74) is 2.58. The van der Waals surface area contributed by atoms with Crippen LogP contribution < -0.4 is 4.74 Å². The van der Waals surface area contributed by atoms with Gasteiger partial charge in [-0.3, -0.25) is 0 Å². The molecule has 1 aromatic rings. The van der Waals surface area contributed by atoms with Crippen molar-refractivity contribution in [1.82, 2.24) is 0 Å². The van der Waals surface area contributed by atoms with E-state index < -0.39 is 6.17 Å². The number of rotatable bonds is 5. The lowest BCUT2D eigenvalue weighted by Gasteiger charge is -2.17. The summed E-state index contributed by atoms with van der Waals surface area (Å²) in [5, 5.41) is 0. The third-order valence-electron chi connectivity index (χ3n) is 4.46. The predicted molar refractivity (Wildman–Crippen MR) is 75.5 cm³/mol. The van der Waals surface area contributed by atoms with Crippen molar-refractivity contribution in [3.05, 3.63) is 29.3 Å². The Balaban J connectivity index is 1.79. The Morgan fingerprint density at radius 3 is 2.68 bits per heavy atom. The number of hydrogen-bond donors (Lipinski definition) is 0. The molecule has 2 aliphatic carbocycles. The Morgan fingerprint density at radius 2 is 2.05 bits per heavy atom. The molecule has 0 bridgehead atoms. The Labute approximate surface area is 115 Å². The molecule has 0 spiro atoms. The van der Waals surface area contributed by atoms with Crippen LogP contribution in [0.3, 0.4) is 0 Å². The van der Waals surface area contributed by atoms with E-state index in [1.165, 1.54) is 24.0 Å². The standard InChI is InChI=1S/C17H23FO/c1-2-12-5-8-17(19-11-13-3-4-13)16(9-12)14-6-7-15(18)10-14/h5,8-9,13-15H,2-4,6-7,10-11H2,1H3. The van der Waals surface area contributed by atoms with Gasteiger partial charge in [-0.2, -0.15) is 0 Å². The fraction of sp³-hybridized carbons (Fsp3) is 0.647. The second-order valence-corrected chi connectivity index (χ2v) is 6.09. The average Bonchev–Trinajstić information content (AvgIpc) is 3.17. The fourth-order valence-electron chi connectivity index (χ4n) is 2.97. The largest absolute Gasteiger partial charge is 0.493 e. The summed E-state index contributed by atoms with van der Waals surface area (Å²) >= 11 is 0. The highest BCUT2D eigenvalue weighted by Crippen LogP contribution is 2.41. The Hall–Kier alpha value is -1.05. The maximum Gasteiger partial charge on any atom is 0.122 e. The van der Waals surface area contributed by atoms with Gasteiger partial charge in [0.25, 0.3) is 0 Å². The fourth-order valence-corrected chi connectivity index (χ4v) is 2.97. The topological polar surface area (TPSA) is 9.23 Å². The molecule has 2 fully saturated rings. The highest BCUT2D eigenvalue weighted by Gasteiger charge is 2.28. The first kappa shape index (κ1) is 13.0. The number of aryl methyl sites for hydroxylation is 1. The van der Waals surface area contributed by atoms with Crippen LogP contribution in [0.15, 0.2) is 18.2 Å². The number of ether oxygens (including phenoxy) is 1. The zero-order valence-corrected chi connectivity index (χ0v) is 11.7. The second-order valence-electron chi connectivity index (χ2n) is 6.09. The van der Waals surface area contributed by atoms with Crippen molar-refractivity contribution in [2.24, 2.45) is 5.92 Å². The van der Waals surface area contributed by atoms with E-state index in [-0.39, 0.29) is 0 Å². The van der Waals surface area contributed by atoms with Crippen LogP contribution >= 0.6 is 0 Å². The van der Waals surface area contributed by atoms with E-state index in [2.05, 4.69) is 25.1 Å². The minimum absolute atomic E-state index is 0.357. The van der Waals surface area contributed by atoms with E-state index in [1.54, 1.807) is 0 Å². The molecule has 0 aromatic heterocycles. The first-order chi connectivity index (χ1) is 9.26. The van der Waals surface area contributed by atoms with Crippen LogP contribution in [-0.2, 0) is 6.42 Å². The van der Waals surface area contributed by atoms with Crippen molar-refractivity contribution in [2.75, 3.05) is 6.61 Å². The molecule has 2 unspecified atom stereocenters. The van der Waals surface area contributed by atoms with Gasteiger partial charge >= 0.3 is 0 Å². The lowest BCUT2D eigenvalue weighted by Crippen LogP contribution is -2.05. The van der Waals surface area contributed by atoms with Crippen molar-refractivity contribution >= 4 is 0 Å². The van der Waals surface area contributed by atoms with Gasteiger partial charge in [0.15, 0.2) is 0 Å². The molecule has 2 atom stereocenters. The first-order valence-corrected chi connectivity index (χ1v) is 7.66. The van der Waals surface area contributed by atoms with Crippen LogP contribution in [0.2, 0.25) is 0 Å². The van der Waals surface area contributed by atoms with Gasteiger partial charge in [-0.05, 0) is 67.6 Å². The summed E-state index contributed by atoms with van der Waals surface area (Å²) in [7, 11) is 0. The summed E-state index contributed by atoms with van der Waals surface area (Å²) in [6.45, 7) is 3.00. The van der Waals surface area contributed by atoms with E-state index in [0.29, 0.717) is 18.8 Å². The van der Waals surface area contributed by atoms with E-state index >= 15 is 0 Å². The molecule has 0 radical (unpaired) electrons. The molecule has 1 nitrogen and oxygen atoms in total. The van der Waals surface area contributed by atoms with Crippen molar-refractivity contribution < 1.29 is 9.13 Å². The predicted octanol–water partition coefficient (Wildman–Crippen LogP) is 4.64. The van der Waals surface area contributed by atoms with Crippen LogP contribution in [0.1, 0.15) is 56.1 Å². The van der Waals surface area contributed by atoms with Crippen LogP contribution in [0, 0.1) is 5.92 Å². The van der Waals surface area contributed by atoms with E-state index in [9.17, 15) is 4.39 Å². The first-order valence-electron chi connectivity index (χ1n) is 7.66. The molecule has 0 heterocycles. The summed E-state index contributed by atoms with van der Waals surface area (Å²) in [4.78, 5) is 0. The third kappa shape index (κ3) is 3.10. The van der Waals surface area contributed by atoms with Gasteiger partial charge in [0.2, 0.25) is 0 Å². The molecule has 104 valence electrons. The van der Waals surface area contributed by atoms with Crippen LogP contribution in [-0.4, -0.2) is 12.8 Å². The Morgan fingerprint density at radius 1 is 1.21 bits per heavy atom. The van der Waals surface area contributed by atoms with E-state index in [0.717, 1.165) is 31.1 Å².